The maximum atomic E-state index is 12.8. The van der Waals surface area contributed by atoms with Crippen LogP contribution in [0.5, 0.6) is 0 Å². The Balaban J connectivity index is 1.56. The summed E-state index contributed by atoms with van der Waals surface area (Å²) in [6.45, 7) is 3.70. The third kappa shape index (κ3) is 5.53. The number of hydrogen-bond acceptors (Lipinski definition) is 6. The summed E-state index contributed by atoms with van der Waals surface area (Å²) in [5, 5.41) is 12.3. The summed E-state index contributed by atoms with van der Waals surface area (Å²) in [6, 6.07) is 17.9. The van der Waals surface area contributed by atoms with E-state index in [4.69, 9.17) is 16.0 Å². The van der Waals surface area contributed by atoms with Gasteiger partial charge in [0.15, 0.2) is 16.8 Å². The molecule has 0 fully saturated rings. The Bertz CT molecular complexity index is 1270. The van der Waals surface area contributed by atoms with E-state index in [1.54, 1.807) is 49.6 Å². The molecule has 1 N–H and O–H groups in total. The Hall–Kier alpha value is -3.36. The van der Waals surface area contributed by atoms with Gasteiger partial charge in [0.2, 0.25) is 5.91 Å². The second-order valence-corrected chi connectivity index (χ2v) is 9.11. The summed E-state index contributed by atoms with van der Waals surface area (Å²) in [6.07, 6.45) is 1.61. The van der Waals surface area contributed by atoms with Crippen molar-refractivity contribution in [3.05, 3.63) is 83.3 Å². The van der Waals surface area contributed by atoms with E-state index in [0.29, 0.717) is 33.8 Å². The van der Waals surface area contributed by atoms with Crippen LogP contribution in [0.2, 0.25) is 5.02 Å². The molecule has 168 valence electrons. The smallest absolute Gasteiger partial charge is 0.237 e. The van der Waals surface area contributed by atoms with Gasteiger partial charge in [-0.15, -0.1) is 10.2 Å². The number of benzene rings is 2. The number of halogens is 1. The van der Waals surface area contributed by atoms with Gasteiger partial charge in [-0.25, -0.2) is 0 Å². The Kier molecular flexibility index (Phi) is 6.96. The van der Waals surface area contributed by atoms with E-state index in [2.05, 4.69) is 15.5 Å². The summed E-state index contributed by atoms with van der Waals surface area (Å²) < 4.78 is 7.43. The van der Waals surface area contributed by atoms with Gasteiger partial charge in [-0.2, -0.15) is 0 Å². The van der Waals surface area contributed by atoms with Crippen LogP contribution in [-0.4, -0.2) is 31.7 Å². The van der Waals surface area contributed by atoms with Gasteiger partial charge in [0.1, 0.15) is 5.76 Å². The van der Waals surface area contributed by atoms with Crippen LogP contribution < -0.4 is 5.32 Å². The van der Waals surface area contributed by atoms with Crippen molar-refractivity contribution in [3.8, 4) is 11.4 Å². The lowest BCUT2D eigenvalue weighted by Gasteiger charge is -2.14. The molecule has 7 nitrogen and oxygen atoms in total. The van der Waals surface area contributed by atoms with E-state index in [-0.39, 0.29) is 11.7 Å². The lowest BCUT2D eigenvalue weighted by atomic mass is 10.1. The topological polar surface area (TPSA) is 90.0 Å². The molecule has 9 heteroatoms. The lowest BCUT2D eigenvalue weighted by molar-refractivity contribution is -0.115. The number of amides is 1. The number of aromatic nitrogens is 3. The first-order valence-corrected chi connectivity index (χ1v) is 11.5. The fourth-order valence-corrected chi connectivity index (χ4v) is 4.14. The highest BCUT2D eigenvalue weighted by molar-refractivity contribution is 8.00. The van der Waals surface area contributed by atoms with Crippen molar-refractivity contribution in [3.63, 3.8) is 0 Å². The number of thioether (sulfide) groups is 1. The molecule has 1 unspecified atom stereocenters. The van der Waals surface area contributed by atoms with Crippen LogP contribution in [0.4, 0.5) is 5.69 Å². The van der Waals surface area contributed by atoms with Crippen molar-refractivity contribution in [1.29, 1.82) is 0 Å². The maximum Gasteiger partial charge on any atom is 0.237 e. The highest BCUT2D eigenvalue weighted by atomic mass is 35.5. The standard InChI is InChI=1S/C24H21ClN4O3S/c1-15(30)18-5-3-6-20(13-18)26-23(31)16(2)33-24-28-27-22(17-8-10-19(25)11-9-17)29(24)14-21-7-4-12-32-21/h3-13,16H,14H2,1-2H3,(H,26,31). The van der Waals surface area contributed by atoms with Crippen LogP contribution in [0.3, 0.4) is 0 Å². The van der Waals surface area contributed by atoms with E-state index in [1.165, 1.54) is 18.7 Å². The van der Waals surface area contributed by atoms with E-state index < -0.39 is 5.25 Å². The monoisotopic (exact) mass is 480 g/mol. The normalized spacial score (nSPS) is 11.8. The molecular formula is C24H21ClN4O3S. The van der Waals surface area contributed by atoms with Gasteiger partial charge in [0, 0.05) is 21.8 Å². The number of furan rings is 1. The molecule has 0 saturated heterocycles. The molecule has 0 saturated carbocycles. The van der Waals surface area contributed by atoms with Crippen molar-refractivity contribution in [1.82, 2.24) is 14.8 Å². The van der Waals surface area contributed by atoms with Crippen molar-refractivity contribution in [2.24, 2.45) is 0 Å². The molecule has 2 aromatic carbocycles. The first-order chi connectivity index (χ1) is 15.9. The zero-order valence-corrected chi connectivity index (χ0v) is 19.6. The predicted octanol–water partition coefficient (Wildman–Crippen LogP) is 5.56. The summed E-state index contributed by atoms with van der Waals surface area (Å²) in [5.41, 5.74) is 1.96. The fraction of sp³-hybridized carbons (Fsp3) is 0.167. The molecule has 1 atom stereocenters. The van der Waals surface area contributed by atoms with E-state index in [0.717, 1.165) is 11.3 Å². The quantitative estimate of drug-likeness (QED) is 0.262. The maximum absolute atomic E-state index is 12.8. The number of carbonyl (C=O) groups is 2. The van der Waals surface area contributed by atoms with Crippen LogP contribution in [0.25, 0.3) is 11.4 Å². The van der Waals surface area contributed by atoms with E-state index in [9.17, 15) is 9.59 Å². The molecule has 0 aliphatic carbocycles. The molecule has 33 heavy (non-hydrogen) atoms. The third-order valence-electron chi connectivity index (χ3n) is 4.90. The Labute approximate surface area is 200 Å². The molecule has 0 bridgehead atoms. The average molecular weight is 481 g/mol. The van der Waals surface area contributed by atoms with Gasteiger partial charge < -0.3 is 9.73 Å². The Morgan fingerprint density at radius 3 is 2.61 bits per heavy atom. The zero-order valence-electron chi connectivity index (χ0n) is 18.0. The van der Waals surface area contributed by atoms with E-state index in [1.807, 2.05) is 28.8 Å². The Morgan fingerprint density at radius 2 is 1.91 bits per heavy atom. The summed E-state index contributed by atoms with van der Waals surface area (Å²) in [7, 11) is 0. The summed E-state index contributed by atoms with van der Waals surface area (Å²) in [5.74, 6) is 1.12. The number of hydrogen-bond donors (Lipinski definition) is 1. The van der Waals surface area contributed by atoms with Gasteiger partial charge in [0.05, 0.1) is 18.1 Å². The highest BCUT2D eigenvalue weighted by Gasteiger charge is 2.22. The Morgan fingerprint density at radius 1 is 1.12 bits per heavy atom. The number of anilines is 1. The molecule has 1 amide bonds. The number of Topliss-reactive ketones (excluding diaryl/α,β-unsaturated/α-hetero) is 1. The highest BCUT2D eigenvalue weighted by Crippen LogP contribution is 2.29. The molecular weight excluding hydrogens is 460 g/mol. The minimum Gasteiger partial charge on any atom is -0.467 e. The SMILES string of the molecule is CC(=O)c1cccc(NC(=O)C(C)Sc2nnc(-c3ccc(Cl)cc3)n2Cc2ccco2)c1. The first kappa shape index (κ1) is 22.8. The average Bonchev–Trinajstić information content (AvgIpc) is 3.45. The van der Waals surface area contributed by atoms with Crippen molar-refractivity contribution in [2.75, 3.05) is 5.32 Å². The largest absolute Gasteiger partial charge is 0.467 e. The molecule has 0 aliphatic heterocycles. The van der Waals surface area contributed by atoms with Crippen molar-refractivity contribution in [2.45, 2.75) is 30.8 Å². The predicted molar refractivity (Wildman–Crippen MR) is 129 cm³/mol. The number of nitrogens with one attached hydrogen (secondary N) is 1. The minimum atomic E-state index is -0.469. The summed E-state index contributed by atoms with van der Waals surface area (Å²) >= 11 is 7.32. The van der Waals surface area contributed by atoms with Gasteiger partial charge in [-0.05, 0) is 62.4 Å². The molecule has 4 aromatic rings. The number of nitrogens with zero attached hydrogens (tertiary/aromatic N) is 3. The third-order valence-corrected chi connectivity index (χ3v) is 6.23. The molecule has 4 rings (SSSR count). The van der Waals surface area contributed by atoms with Gasteiger partial charge in [-0.3, -0.25) is 14.2 Å². The second-order valence-electron chi connectivity index (χ2n) is 7.36. The van der Waals surface area contributed by atoms with Crippen LogP contribution in [0, 0.1) is 0 Å². The lowest BCUT2D eigenvalue weighted by Crippen LogP contribution is -2.23. The first-order valence-electron chi connectivity index (χ1n) is 10.2. The zero-order chi connectivity index (χ0) is 23.4. The van der Waals surface area contributed by atoms with Gasteiger partial charge in [-0.1, -0.05) is 35.5 Å². The van der Waals surface area contributed by atoms with Crippen molar-refractivity contribution >= 4 is 40.7 Å². The molecule has 0 radical (unpaired) electrons. The van der Waals surface area contributed by atoms with E-state index >= 15 is 0 Å². The number of carbonyl (C=O) groups excluding carboxylic acids is 2. The molecule has 2 heterocycles. The summed E-state index contributed by atoms with van der Waals surface area (Å²) in [4.78, 5) is 24.4. The molecule has 2 aromatic heterocycles. The van der Waals surface area contributed by atoms with Gasteiger partial charge in [0.25, 0.3) is 0 Å². The molecule has 0 spiro atoms. The van der Waals surface area contributed by atoms with Crippen LogP contribution in [-0.2, 0) is 11.3 Å². The van der Waals surface area contributed by atoms with Crippen LogP contribution >= 0.6 is 23.4 Å². The van der Waals surface area contributed by atoms with Crippen LogP contribution in [0.1, 0.15) is 30.0 Å². The minimum absolute atomic E-state index is 0.0609. The fourth-order valence-electron chi connectivity index (χ4n) is 3.16. The van der Waals surface area contributed by atoms with Crippen molar-refractivity contribution < 1.29 is 14.0 Å². The second kappa shape index (κ2) is 10.1. The number of ketones is 1. The van der Waals surface area contributed by atoms with Gasteiger partial charge >= 0.3 is 0 Å². The number of rotatable bonds is 8. The van der Waals surface area contributed by atoms with Crippen LogP contribution in [0.15, 0.2) is 76.5 Å². The molecule has 0 aliphatic rings.